The molecule has 1 aliphatic heterocycles. The fourth-order valence-electron chi connectivity index (χ4n) is 7.46. The quantitative estimate of drug-likeness (QED) is 0.226. The Labute approximate surface area is 242 Å². The molecule has 2 unspecified atom stereocenters. The second kappa shape index (κ2) is 8.11. The zero-order chi connectivity index (χ0) is 27.4. The topological polar surface area (TPSA) is 22.4 Å². The minimum atomic E-state index is -0.153. The summed E-state index contributed by atoms with van der Waals surface area (Å²) in [5, 5.41) is 4.78. The van der Waals surface area contributed by atoms with Crippen molar-refractivity contribution in [3.63, 3.8) is 0 Å². The monoisotopic (exact) mass is 536 g/mol. The normalized spacial score (nSPS) is 17.4. The molecule has 0 saturated carbocycles. The highest BCUT2D eigenvalue weighted by molar-refractivity contribution is 6.17. The molecular formula is C40H24O2. The molecule has 4 aliphatic rings. The molecule has 0 spiro atoms. The van der Waals surface area contributed by atoms with Crippen molar-refractivity contribution in [3.8, 4) is 39.1 Å². The van der Waals surface area contributed by atoms with E-state index in [9.17, 15) is 0 Å². The van der Waals surface area contributed by atoms with Gasteiger partial charge in [0.05, 0.1) is 0 Å². The molecule has 196 valence electrons. The second-order valence-corrected chi connectivity index (χ2v) is 11.5. The fraction of sp³-hybridized carbons (Fsp3) is 0.0500. The number of hydrogen-bond donors (Lipinski definition) is 0. The second-order valence-electron chi connectivity index (χ2n) is 11.5. The predicted octanol–water partition coefficient (Wildman–Crippen LogP) is 8.44. The number of hydrogen-bond acceptors (Lipinski definition) is 2. The van der Waals surface area contributed by atoms with Gasteiger partial charge in [-0.05, 0) is 61.8 Å². The van der Waals surface area contributed by atoms with Crippen LogP contribution in [0.1, 0.15) is 17.0 Å². The number of benzene rings is 6. The molecule has 0 N–H and O–H groups in total. The maximum absolute atomic E-state index is 6.74. The Bertz CT molecular complexity index is 2390. The first-order valence-electron chi connectivity index (χ1n) is 14.6. The van der Waals surface area contributed by atoms with E-state index in [0.717, 1.165) is 27.7 Å². The molecule has 0 radical (unpaired) electrons. The lowest BCUT2D eigenvalue weighted by Gasteiger charge is -2.24. The first-order chi connectivity index (χ1) is 20.8. The van der Waals surface area contributed by atoms with E-state index in [0.29, 0.717) is 0 Å². The highest BCUT2D eigenvalue weighted by atomic mass is 16.5. The van der Waals surface area contributed by atoms with Gasteiger partial charge in [0.1, 0.15) is 22.9 Å². The molecule has 6 aromatic rings. The van der Waals surface area contributed by atoms with E-state index in [1.807, 2.05) is 6.07 Å². The predicted molar refractivity (Wildman–Crippen MR) is 170 cm³/mol. The number of para-hydroxylation sites is 2. The number of ether oxygens (including phenoxy) is 1. The Kier molecular flexibility index (Phi) is 4.32. The molecule has 10 rings (SSSR count). The minimum Gasteiger partial charge on any atom is -0.484 e. The van der Waals surface area contributed by atoms with Crippen LogP contribution in [0, 0.1) is 0 Å². The Morgan fingerprint density at radius 3 is 2.05 bits per heavy atom. The third kappa shape index (κ3) is 2.94. The number of rotatable bonds is 3. The fourth-order valence-corrected chi connectivity index (χ4v) is 7.46. The Hall–Kier alpha value is -5.34. The van der Waals surface area contributed by atoms with Crippen LogP contribution in [0.25, 0.3) is 66.8 Å². The lowest BCUT2D eigenvalue weighted by molar-refractivity contribution is 0.279. The molecule has 0 fully saturated rings. The van der Waals surface area contributed by atoms with Crippen molar-refractivity contribution in [1.82, 2.24) is 0 Å². The maximum atomic E-state index is 6.74. The molecule has 3 aliphatic carbocycles. The molecule has 42 heavy (non-hydrogen) atoms. The van der Waals surface area contributed by atoms with Crippen LogP contribution >= 0.6 is 0 Å². The van der Waals surface area contributed by atoms with Crippen LogP contribution in [0.15, 0.2) is 132 Å². The van der Waals surface area contributed by atoms with E-state index in [1.54, 1.807) is 0 Å². The molecule has 2 heteroatoms. The highest BCUT2D eigenvalue weighted by Gasteiger charge is 2.40. The summed E-state index contributed by atoms with van der Waals surface area (Å²) in [5.41, 5.74) is 13.4. The molecule has 0 saturated heterocycles. The van der Waals surface area contributed by atoms with Crippen molar-refractivity contribution in [1.29, 1.82) is 0 Å². The van der Waals surface area contributed by atoms with Crippen molar-refractivity contribution >= 4 is 33.4 Å². The van der Waals surface area contributed by atoms with Crippen LogP contribution in [0.2, 0.25) is 0 Å². The van der Waals surface area contributed by atoms with Gasteiger partial charge in [-0.15, -0.1) is 0 Å². The zero-order valence-electron chi connectivity index (χ0n) is 22.7. The third-order valence-corrected chi connectivity index (χ3v) is 9.35. The summed E-state index contributed by atoms with van der Waals surface area (Å²) in [4.78, 5) is 0. The summed E-state index contributed by atoms with van der Waals surface area (Å²) in [5.74, 6) is 1.08. The summed E-state index contributed by atoms with van der Waals surface area (Å²) >= 11 is 0. The summed E-state index contributed by atoms with van der Waals surface area (Å²) in [6, 6.07) is 45.5. The van der Waals surface area contributed by atoms with Gasteiger partial charge >= 0.3 is 0 Å². The first kappa shape index (κ1) is 22.4. The smallest absolute Gasteiger partial charge is 0.142 e. The van der Waals surface area contributed by atoms with Gasteiger partial charge in [0, 0.05) is 27.7 Å². The van der Waals surface area contributed by atoms with Gasteiger partial charge in [0.25, 0.3) is 0 Å². The Balaban J connectivity index is 1.23. The van der Waals surface area contributed by atoms with Gasteiger partial charge in [-0.25, -0.2) is 0 Å². The Morgan fingerprint density at radius 2 is 1.17 bits per heavy atom. The largest absolute Gasteiger partial charge is 0.484 e. The van der Waals surface area contributed by atoms with Gasteiger partial charge < -0.3 is 9.15 Å². The van der Waals surface area contributed by atoms with Crippen molar-refractivity contribution in [2.24, 2.45) is 0 Å². The lowest BCUT2D eigenvalue weighted by Crippen LogP contribution is -2.37. The third-order valence-electron chi connectivity index (χ3n) is 9.35. The van der Waals surface area contributed by atoms with Gasteiger partial charge in [-0.2, -0.15) is 0 Å². The standard InChI is InChI=1S/C40H24O2/c1-2-10-23(11-3-1)36-31-21-20-29(37(31)36)26-18-19-30(25-13-5-4-12-24(25)26)38-39-32(27-14-6-8-16-34(27)41-39)22-33-28-15-7-9-17-35(28)42-40(33)38/h1-22,32,39H. The van der Waals surface area contributed by atoms with Crippen molar-refractivity contribution in [2.45, 2.75) is 12.0 Å². The van der Waals surface area contributed by atoms with Crippen LogP contribution < -0.4 is 15.4 Å². The lowest BCUT2D eigenvalue weighted by atomic mass is 9.82. The van der Waals surface area contributed by atoms with Crippen LogP contribution in [0.4, 0.5) is 0 Å². The summed E-state index contributed by atoms with van der Waals surface area (Å²) < 4.78 is 13.4. The summed E-state index contributed by atoms with van der Waals surface area (Å²) in [6.07, 6.45) is 2.21. The Morgan fingerprint density at radius 1 is 0.500 bits per heavy atom. The van der Waals surface area contributed by atoms with E-state index in [4.69, 9.17) is 9.15 Å². The van der Waals surface area contributed by atoms with E-state index >= 15 is 0 Å². The maximum Gasteiger partial charge on any atom is 0.142 e. The molecule has 2 atom stereocenters. The van der Waals surface area contributed by atoms with Gasteiger partial charge in [0.15, 0.2) is 0 Å². The molecule has 2 nitrogen and oxygen atoms in total. The van der Waals surface area contributed by atoms with Crippen molar-refractivity contribution in [2.75, 3.05) is 0 Å². The van der Waals surface area contributed by atoms with E-state index in [1.165, 1.54) is 60.5 Å². The molecule has 1 aromatic heterocycles. The number of furan rings is 1. The summed E-state index contributed by atoms with van der Waals surface area (Å²) in [6.45, 7) is 0. The summed E-state index contributed by atoms with van der Waals surface area (Å²) in [7, 11) is 0. The van der Waals surface area contributed by atoms with Crippen LogP contribution in [-0.4, -0.2) is 6.10 Å². The SMILES string of the molecule is C1=c2c(oc3ccccc23)=C(c2ccc(-c3ccc4c(-c5ccccc5)c3-4)c3ccccc23)C2Oc3ccccc3C12. The minimum absolute atomic E-state index is 0.123. The molecule has 5 aromatic carbocycles. The average molecular weight is 537 g/mol. The van der Waals surface area contributed by atoms with Crippen molar-refractivity contribution in [3.05, 3.63) is 149 Å². The van der Waals surface area contributed by atoms with E-state index in [-0.39, 0.29) is 12.0 Å². The molecule has 2 heterocycles. The number of fused-ring (bicyclic) bond motifs is 8. The van der Waals surface area contributed by atoms with E-state index < -0.39 is 0 Å². The first-order valence-corrected chi connectivity index (χ1v) is 14.6. The zero-order valence-corrected chi connectivity index (χ0v) is 22.7. The highest BCUT2D eigenvalue weighted by Crippen LogP contribution is 2.57. The van der Waals surface area contributed by atoms with Crippen LogP contribution in [-0.2, 0) is 0 Å². The van der Waals surface area contributed by atoms with Gasteiger partial charge in [-0.3, -0.25) is 0 Å². The van der Waals surface area contributed by atoms with Gasteiger partial charge in [-0.1, -0.05) is 121 Å². The molecule has 0 amide bonds. The van der Waals surface area contributed by atoms with E-state index in [2.05, 4.69) is 127 Å². The molecular weight excluding hydrogens is 512 g/mol. The van der Waals surface area contributed by atoms with Crippen LogP contribution in [0.5, 0.6) is 5.75 Å². The average Bonchev–Trinajstić information content (AvgIpc) is 3.31. The van der Waals surface area contributed by atoms with Crippen LogP contribution in [0.3, 0.4) is 0 Å². The molecule has 0 bridgehead atoms. The van der Waals surface area contributed by atoms with Gasteiger partial charge in [0.2, 0.25) is 0 Å². The van der Waals surface area contributed by atoms with Crippen molar-refractivity contribution < 1.29 is 9.15 Å².